The molecule has 20 heavy (non-hydrogen) atoms. The largest absolute Gasteiger partial charge is 0.316 e. The molecule has 2 bridgehead atoms. The fourth-order valence-electron chi connectivity index (χ4n) is 5.72. The molecule has 2 heterocycles. The molecule has 2 aliphatic heterocycles. The summed E-state index contributed by atoms with van der Waals surface area (Å²) in [5.41, 5.74) is 0. The summed E-state index contributed by atoms with van der Waals surface area (Å²) < 4.78 is 0. The Labute approximate surface area is 123 Å². The van der Waals surface area contributed by atoms with Crippen molar-refractivity contribution in [2.75, 3.05) is 26.3 Å². The number of piperidine rings is 1. The minimum absolute atomic E-state index is 0.798. The van der Waals surface area contributed by atoms with E-state index in [1.807, 2.05) is 0 Å². The quantitative estimate of drug-likeness (QED) is 0.827. The van der Waals surface area contributed by atoms with Crippen LogP contribution < -0.4 is 10.6 Å². The molecular weight excluding hydrogens is 246 g/mol. The van der Waals surface area contributed by atoms with Crippen molar-refractivity contribution in [1.29, 1.82) is 0 Å². The van der Waals surface area contributed by atoms with E-state index in [2.05, 4.69) is 22.5 Å². The van der Waals surface area contributed by atoms with E-state index in [4.69, 9.17) is 0 Å². The van der Waals surface area contributed by atoms with E-state index in [0.29, 0.717) is 0 Å². The average Bonchev–Trinajstić information content (AvgIpc) is 2.86. The van der Waals surface area contributed by atoms with Crippen LogP contribution in [0.5, 0.6) is 0 Å². The Morgan fingerprint density at radius 1 is 1.05 bits per heavy atom. The Balaban J connectivity index is 1.45. The fourth-order valence-corrected chi connectivity index (χ4v) is 5.72. The normalized spacial score (nSPS) is 47.9. The van der Waals surface area contributed by atoms with E-state index in [0.717, 1.165) is 42.4 Å². The van der Waals surface area contributed by atoms with Gasteiger partial charge in [-0.1, -0.05) is 13.3 Å². The second kappa shape index (κ2) is 5.58. The van der Waals surface area contributed by atoms with Gasteiger partial charge in [0.25, 0.3) is 0 Å². The van der Waals surface area contributed by atoms with Crippen LogP contribution in [0.1, 0.15) is 45.4 Å². The monoisotopic (exact) mass is 277 g/mol. The SMILES string of the molecule is CCCCN1CNC2CC3C4CNCC(C4)CC3CC21. The van der Waals surface area contributed by atoms with Crippen LogP contribution in [0.3, 0.4) is 0 Å². The van der Waals surface area contributed by atoms with Gasteiger partial charge in [0, 0.05) is 18.8 Å². The van der Waals surface area contributed by atoms with Gasteiger partial charge in [0.1, 0.15) is 0 Å². The minimum Gasteiger partial charge on any atom is -0.316 e. The summed E-state index contributed by atoms with van der Waals surface area (Å²) in [6, 6.07) is 1.65. The first kappa shape index (κ1) is 13.5. The lowest BCUT2D eigenvalue weighted by molar-refractivity contribution is 0.0143. The van der Waals surface area contributed by atoms with Gasteiger partial charge in [0.05, 0.1) is 0 Å². The number of nitrogens with one attached hydrogen (secondary N) is 2. The van der Waals surface area contributed by atoms with Gasteiger partial charge in [-0.2, -0.15) is 0 Å². The van der Waals surface area contributed by atoms with Crippen molar-refractivity contribution in [3.05, 3.63) is 0 Å². The molecule has 2 aliphatic carbocycles. The van der Waals surface area contributed by atoms with Gasteiger partial charge < -0.3 is 5.32 Å². The van der Waals surface area contributed by atoms with Crippen LogP contribution in [0.2, 0.25) is 0 Å². The molecule has 114 valence electrons. The van der Waals surface area contributed by atoms with Crippen LogP contribution in [0.25, 0.3) is 0 Å². The summed E-state index contributed by atoms with van der Waals surface area (Å²) in [4.78, 5) is 2.76. The zero-order valence-electron chi connectivity index (χ0n) is 13.0. The maximum atomic E-state index is 3.83. The molecule has 0 aromatic heterocycles. The molecule has 6 atom stereocenters. The van der Waals surface area contributed by atoms with Gasteiger partial charge in [-0.3, -0.25) is 10.2 Å². The average molecular weight is 277 g/mol. The Hall–Kier alpha value is -0.120. The highest BCUT2D eigenvalue weighted by molar-refractivity contribution is 5.03. The minimum atomic E-state index is 0.798. The van der Waals surface area contributed by atoms with Crippen LogP contribution in [-0.2, 0) is 0 Å². The first-order valence-corrected chi connectivity index (χ1v) is 9.03. The van der Waals surface area contributed by atoms with Crippen LogP contribution in [0.4, 0.5) is 0 Å². The van der Waals surface area contributed by atoms with E-state index in [-0.39, 0.29) is 0 Å². The number of fused-ring (bicyclic) bond motifs is 5. The standard InChI is InChI=1S/C17H31N3/c1-2-3-4-20-11-19-16-8-15-13(7-17(16)20)5-12-6-14(15)10-18-9-12/h12-19H,2-11H2,1H3. The highest BCUT2D eigenvalue weighted by Gasteiger charge is 2.48. The summed E-state index contributed by atoms with van der Waals surface area (Å²) in [6.07, 6.45) is 8.67. The molecule has 0 radical (unpaired) electrons. The molecule has 3 heteroatoms. The number of rotatable bonds is 3. The van der Waals surface area contributed by atoms with Crippen LogP contribution >= 0.6 is 0 Å². The number of unbranched alkanes of at least 4 members (excludes halogenated alkanes) is 1. The fraction of sp³-hybridized carbons (Fsp3) is 1.00. The molecule has 3 nitrogen and oxygen atoms in total. The smallest absolute Gasteiger partial charge is 0.0486 e. The second-order valence-corrected chi connectivity index (χ2v) is 7.85. The van der Waals surface area contributed by atoms with Crippen molar-refractivity contribution in [1.82, 2.24) is 15.5 Å². The molecule has 0 amide bonds. The third-order valence-corrected chi connectivity index (χ3v) is 6.68. The second-order valence-electron chi connectivity index (χ2n) is 7.85. The van der Waals surface area contributed by atoms with E-state index < -0.39 is 0 Å². The van der Waals surface area contributed by atoms with Gasteiger partial charge in [0.15, 0.2) is 0 Å². The van der Waals surface area contributed by atoms with Crippen LogP contribution in [0, 0.1) is 23.7 Å². The molecule has 0 spiro atoms. The van der Waals surface area contributed by atoms with Crippen LogP contribution in [-0.4, -0.2) is 43.3 Å². The summed E-state index contributed by atoms with van der Waals surface area (Å²) in [5, 5.41) is 7.52. The van der Waals surface area contributed by atoms with Gasteiger partial charge in [-0.25, -0.2) is 0 Å². The van der Waals surface area contributed by atoms with Crippen molar-refractivity contribution >= 4 is 0 Å². The Morgan fingerprint density at radius 3 is 2.85 bits per heavy atom. The number of nitrogens with zero attached hydrogens (tertiary/aromatic N) is 1. The van der Waals surface area contributed by atoms with Crippen LogP contribution in [0.15, 0.2) is 0 Å². The van der Waals surface area contributed by atoms with Gasteiger partial charge in [-0.05, 0) is 75.4 Å². The predicted molar refractivity (Wildman–Crippen MR) is 82.5 cm³/mol. The third-order valence-electron chi connectivity index (χ3n) is 6.68. The molecule has 4 aliphatic rings. The Kier molecular flexibility index (Phi) is 3.78. The Bertz CT molecular complexity index is 345. The van der Waals surface area contributed by atoms with Crippen molar-refractivity contribution in [2.45, 2.75) is 57.5 Å². The van der Waals surface area contributed by atoms with Gasteiger partial charge in [-0.15, -0.1) is 0 Å². The lowest BCUT2D eigenvalue weighted by Gasteiger charge is -2.51. The van der Waals surface area contributed by atoms with E-state index in [1.165, 1.54) is 58.2 Å². The topological polar surface area (TPSA) is 27.3 Å². The zero-order chi connectivity index (χ0) is 13.5. The molecule has 0 aromatic carbocycles. The molecule has 6 unspecified atom stereocenters. The number of hydrogen-bond donors (Lipinski definition) is 2. The lowest BCUT2D eigenvalue weighted by Crippen LogP contribution is -2.53. The zero-order valence-corrected chi connectivity index (χ0v) is 13.0. The molecule has 2 N–H and O–H groups in total. The molecule has 2 saturated carbocycles. The summed E-state index contributed by atoms with van der Waals surface area (Å²) >= 11 is 0. The maximum Gasteiger partial charge on any atom is 0.0486 e. The maximum absolute atomic E-state index is 3.83. The van der Waals surface area contributed by atoms with Crippen molar-refractivity contribution in [2.24, 2.45) is 23.7 Å². The Morgan fingerprint density at radius 2 is 1.95 bits per heavy atom. The highest BCUT2D eigenvalue weighted by Crippen LogP contribution is 2.48. The highest BCUT2D eigenvalue weighted by atomic mass is 15.3. The van der Waals surface area contributed by atoms with Gasteiger partial charge >= 0.3 is 0 Å². The summed E-state index contributed by atoms with van der Waals surface area (Å²) in [6.45, 7) is 7.38. The van der Waals surface area contributed by atoms with E-state index >= 15 is 0 Å². The molecule has 2 saturated heterocycles. The summed E-state index contributed by atoms with van der Waals surface area (Å²) in [7, 11) is 0. The first-order chi connectivity index (χ1) is 9.85. The number of hydrogen-bond acceptors (Lipinski definition) is 3. The first-order valence-electron chi connectivity index (χ1n) is 9.03. The molecule has 4 fully saturated rings. The van der Waals surface area contributed by atoms with E-state index in [9.17, 15) is 0 Å². The van der Waals surface area contributed by atoms with Gasteiger partial charge in [0.2, 0.25) is 0 Å². The van der Waals surface area contributed by atoms with Crippen molar-refractivity contribution in [3.8, 4) is 0 Å². The molecular formula is C17H31N3. The van der Waals surface area contributed by atoms with Crippen molar-refractivity contribution < 1.29 is 0 Å². The molecule has 4 rings (SSSR count). The third kappa shape index (κ3) is 2.32. The molecule has 0 aromatic rings. The lowest BCUT2D eigenvalue weighted by atomic mass is 9.59. The van der Waals surface area contributed by atoms with Crippen molar-refractivity contribution in [3.63, 3.8) is 0 Å². The van der Waals surface area contributed by atoms with E-state index in [1.54, 1.807) is 0 Å². The predicted octanol–water partition coefficient (Wildman–Crippen LogP) is 2.04. The summed E-state index contributed by atoms with van der Waals surface area (Å²) in [5.74, 6) is 4.02.